The summed E-state index contributed by atoms with van der Waals surface area (Å²) in [6.45, 7) is 0.146. The van der Waals surface area contributed by atoms with Crippen LogP contribution in [0.25, 0.3) is 0 Å². The topological polar surface area (TPSA) is 98.2 Å². The number of hydrogen-bond acceptors (Lipinski definition) is 4. The molecule has 0 amide bonds. The fourth-order valence-corrected chi connectivity index (χ4v) is 2.14. The summed E-state index contributed by atoms with van der Waals surface area (Å²) in [5.74, 6) is 0. The van der Waals surface area contributed by atoms with E-state index in [1.54, 1.807) is 12.1 Å². The van der Waals surface area contributed by atoms with Crippen LogP contribution in [-0.2, 0) is 10.0 Å². The van der Waals surface area contributed by atoms with Gasteiger partial charge in [-0.1, -0.05) is 18.2 Å². The molecule has 0 radical (unpaired) electrons. The van der Waals surface area contributed by atoms with Gasteiger partial charge in [-0.25, -0.2) is 13.1 Å². The molecule has 0 heterocycles. The molecular weight excluding hydrogens is 214 g/mol. The van der Waals surface area contributed by atoms with E-state index in [1.807, 2.05) is 0 Å². The summed E-state index contributed by atoms with van der Waals surface area (Å²) in [4.78, 5) is 0.0791. The number of sulfonamides is 1. The highest BCUT2D eigenvalue weighted by molar-refractivity contribution is 7.89. The third-order valence-corrected chi connectivity index (χ3v) is 3.23. The van der Waals surface area contributed by atoms with Gasteiger partial charge in [-0.3, -0.25) is 0 Å². The number of para-hydroxylation sites is 1. The second kappa shape index (κ2) is 4.81. The Hall–Kier alpha value is -1.53. The first-order chi connectivity index (χ1) is 7.08. The zero-order valence-corrected chi connectivity index (χ0v) is 8.87. The number of anilines is 1. The van der Waals surface area contributed by atoms with Crippen LogP contribution < -0.4 is 16.2 Å². The van der Waals surface area contributed by atoms with Crippen molar-refractivity contribution in [2.45, 2.75) is 4.90 Å². The summed E-state index contributed by atoms with van der Waals surface area (Å²) >= 11 is 0. The molecule has 0 atom stereocenters. The second-order valence-electron chi connectivity index (χ2n) is 2.82. The molecule has 0 fully saturated rings. The van der Waals surface area contributed by atoms with Gasteiger partial charge in [-0.05, 0) is 18.3 Å². The quantitative estimate of drug-likeness (QED) is 0.631. The molecule has 0 aliphatic carbocycles. The Morgan fingerprint density at radius 2 is 2.00 bits per heavy atom. The molecule has 0 saturated carbocycles. The van der Waals surface area contributed by atoms with E-state index in [1.165, 1.54) is 24.4 Å². The molecule has 0 unspecified atom stereocenters. The molecule has 15 heavy (non-hydrogen) atoms. The van der Waals surface area contributed by atoms with E-state index in [0.717, 1.165) is 0 Å². The van der Waals surface area contributed by atoms with Crippen LogP contribution in [0.5, 0.6) is 0 Å². The van der Waals surface area contributed by atoms with Gasteiger partial charge in [0.05, 0.1) is 5.69 Å². The van der Waals surface area contributed by atoms with Crippen LogP contribution in [0.4, 0.5) is 5.69 Å². The first-order valence-corrected chi connectivity index (χ1v) is 5.77. The molecule has 6 heteroatoms. The zero-order valence-electron chi connectivity index (χ0n) is 8.05. The maximum absolute atomic E-state index is 11.7. The fraction of sp³-hybridized carbons (Fsp3) is 0.111. The molecule has 0 saturated heterocycles. The number of hydrogen-bond donors (Lipinski definition) is 3. The molecule has 0 aliphatic heterocycles. The molecule has 5 N–H and O–H groups in total. The Labute approximate surface area is 88.8 Å². The second-order valence-corrected chi connectivity index (χ2v) is 4.55. The van der Waals surface area contributed by atoms with Crippen LogP contribution in [0.2, 0.25) is 0 Å². The zero-order chi connectivity index (χ0) is 11.3. The van der Waals surface area contributed by atoms with E-state index in [9.17, 15) is 8.42 Å². The van der Waals surface area contributed by atoms with Crippen molar-refractivity contribution in [2.75, 3.05) is 12.3 Å². The van der Waals surface area contributed by atoms with Crippen molar-refractivity contribution < 1.29 is 8.42 Å². The molecule has 0 bridgehead atoms. The van der Waals surface area contributed by atoms with E-state index in [2.05, 4.69) is 4.72 Å². The maximum atomic E-state index is 11.7. The molecule has 1 rings (SSSR count). The lowest BCUT2D eigenvalue weighted by Gasteiger charge is -2.06. The van der Waals surface area contributed by atoms with Gasteiger partial charge in [0.1, 0.15) is 4.90 Å². The third kappa shape index (κ3) is 2.97. The van der Waals surface area contributed by atoms with Crippen LogP contribution in [0.3, 0.4) is 0 Å². The Morgan fingerprint density at radius 3 is 2.60 bits per heavy atom. The lowest BCUT2D eigenvalue weighted by molar-refractivity contribution is 0.586. The van der Waals surface area contributed by atoms with Gasteiger partial charge in [-0.15, -0.1) is 0 Å². The van der Waals surface area contributed by atoms with Crippen molar-refractivity contribution in [3.63, 3.8) is 0 Å². The van der Waals surface area contributed by atoms with E-state index in [-0.39, 0.29) is 17.1 Å². The predicted molar refractivity (Wildman–Crippen MR) is 59.4 cm³/mol. The van der Waals surface area contributed by atoms with Gasteiger partial charge in [0.25, 0.3) is 0 Å². The van der Waals surface area contributed by atoms with E-state index in [0.29, 0.717) is 0 Å². The number of rotatable bonds is 4. The lowest BCUT2D eigenvalue weighted by Crippen LogP contribution is -2.24. The van der Waals surface area contributed by atoms with Gasteiger partial charge in [0, 0.05) is 6.54 Å². The van der Waals surface area contributed by atoms with Crippen molar-refractivity contribution in [1.29, 1.82) is 0 Å². The Bertz CT molecular complexity index is 454. The number of benzene rings is 1. The van der Waals surface area contributed by atoms with Gasteiger partial charge in [0.2, 0.25) is 10.0 Å². The fourth-order valence-electron chi connectivity index (χ4n) is 1.03. The standard InChI is InChI=1S/C9H13N3O2S/c10-6-3-7-12-15(13,14)9-5-2-1-4-8(9)11/h1-6,12H,7,10-11H2. The molecular formula is C9H13N3O2S. The summed E-state index contributed by atoms with van der Waals surface area (Å²) in [7, 11) is -3.54. The van der Waals surface area contributed by atoms with Crippen molar-refractivity contribution >= 4 is 15.7 Å². The van der Waals surface area contributed by atoms with E-state index in [4.69, 9.17) is 11.5 Å². The highest BCUT2D eigenvalue weighted by atomic mass is 32.2. The van der Waals surface area contributed by atoms with Gasteiger partial charge < -0.3 is 11.5 Å². The summed E-state index contributed by atoms with van der Waals surface area (Å²) < 4.78 is 25.7. The minimum atomic E-state index is -3.54. The average molecular weight is 227 g/mol. The first-order valence-electron chi connectivity index (χ1n) is 4.29. The van der Waals surface area contributed by atoms with Crippen LogP contribution >= 0.6 is 0 Å². The van der Waals surface area contributed by atoms with Crippen LogP contribution in [-0.4, -0.2) is 15.0 Å². The average Bonchev–Trinajstić information content (AvgIpc) is 2.18. The number of nitrogens with two attached hydrogens (primary N) is 2. The highest BCUT2D eigenvalue weighted by Crippen LogP contribution is 2.16. The van der Waals surface area contributed by atoms with Crippen molar-refractivity contribution in [3.05, 3.63) is 36.5 Å². The third-order valence-electron chi connectivity index (χ3n) is 1.74. The normalized spacial score (nSPS) is 12.0. The monoisotopic (exact) mass is 227 g/mol. The molecule has 0 aromatic heterocycles. The minimum absolute atomic E-state index is 0.0791. The van der Waals surface area contributed by atoms with E-state index < -0.39 is 10.0 Å². The number of nitrogen functional groups attached to an aromatic ring is 1. The minimum Gasteiger partial charge on any atom is -0.405 e. The van der Waals surface area contributed by atoms with Crippen LogP contribution in [0, 0.1) is 0 Å². The first kappa shape index (κ1) is 11.5. The molecule has 1 aromatic carbocycles. The molecule has 1 aromatic rings. The summed E-state index contributed by atoms with van der Waals surface area (Å²) in [6.07, 6.45) is 2.77. The van der Waals surface area contributed by atoms with Crippen LogP contribution in [0.15, 0.2) is 41.4 Å². The van der Waals surface area contributed by atoms with Crippen molar-refractivity contribution in [2.24, 2.45) is 5.73 Å². The smallest absolute Gasteiger partial charge is 0.242 e. The summed E-state index contributed by atoms with van der Waals surface area (Å²) in [5, 5.41) is 0. The highest BCUT2D eigenvalue weighted by Gasteiger charge is 2.14. The SMILES string of the molecule is NC=CCNS(=O)(=O)c1ccccc1N. The van der Waals surface area contributed by atoms with Gasteiger partial charge >= 0.3 is 0 Å². The predicted octanol–water partition coefficient (Wildman–Crippen LogP) is 0.0195. The van der Waals surface area contributed by atoms with E-state index >= 15 is 0 Å². The Kier molecular flexibility index (Phi) is 3.70. The molecule has 0 spiro atoms. The van der Waals surface area contributed by atoms with Crippen molar-refractivity contribution in [1.82, 2.24) is 4.72 Å². The van der Waals surface area contributed by atoms with Crippen LogP contribution in [0.1, 0.15) is 0 Å². The lowest BCUT2D eigenvalue weighted by atomic mass is 10.3. The summed E-state index contributed by atoms with van der Waals surface area (Å²) in [6, 6.07) is 6.27. The molecule has 0 aliphatic rings. The Morgan fingerprint density at radius 1 is 1.33 bits per heavy atom. The number of nitrogens with one attached hydrogen (secondary N) is 1. The van der Waals surface area contributed by atoms with Gasteiger partial charge in [-0.2, -0.15) is 0 Å². The van der Waals surface area contributed by atoms with Crippen molar-refractivity contribution in [3.8, 4) is 0 Å². The maximum Gasteiger partial charge on any atom is 0.242 e. The molecule has 82 valence electrons. The molecule has 5 nitrogen and oxygen atoms in total. The van der Waals surface area contributed by atoms with Gasteiger partial charge in [0.15, 0.2) is 0 Å². The Balaban J connectivity index is 2.92. The summed E-state index contributed by atoms with van der Waals surface area (Å²) in [5.41, 5.74) is 10.9. The largest absolute Gasteiger partial charge is 0.405 e.